The van der Waals surface area contributed by atoms with Crippen LogP contribution in [-0.4, -0.2) is 6.71 Å². The first-order chi connectivity index (χ1) is 35.9. The highest BCUT2D eigenvalue weighted by atomic mass is 32.1. The van der Waals surface area contributed by atoms with Gasteiger partial charge in [0.25, 0.3) is 6.71 Å². The molecule has 0 unspecified atom stereocenters. The largest absolute Gasteiger partial charge is 0.311 e. The Bertz CT molecular complexity index is 4140. The molecule has 2 aromatic heterocycles. The standard InChI is InChI=1S/C70H63BN2S2/c1-67(2,3)44-29-34-56-58(37-44)72(46-30-25-42(26-31-46)48-19-15-21-52-50-17-11-13-23-62(50)74-65(48)52)60-38-45(68(4,5)6)39-61-64(60)71(56)57-40-54-55(70(9,10)36-35-69(54,7)8)41-59(57)73(61)47-32-27-43(28-33-47)49-20-16-22-53-51-18-12-14-24-63(51)75-66(49)53/h11-34,37-41H,35-36H2,1-10H3. The summed E-state index contributed by atoms with van der Waals surface area (Å²) in [7, 11) is 0. The van der Waals surface area contributed by atoms with Crippen LogP contribution in [0.15, 0.2) is 176 Å². The first-order valence-electron chi connectivity index (χ1n) is 27.1. The van der Waals surface area contributed by atoms with Gasteiger partial charge < -0.3 is 9.80 Å². The molecule has 3 aliphatic rings. The van der Waals surface area contributed by atoms with E-state index in [9.17, 15) is 0 Å². The van der Waals surface area contributed by atoms with Gasteiger partial charge in [0.05, 0.1) is 0 Å². The Labute approximate surface area is 451 Å². The first kappa shape index (κ1) is 46.6. The molecule has 0 saturated heterocycles. The average molecular weight is 1010 g/mol. The van der Waals surface area contributed by atoms with Crippen molar-refractivity contribution in [3.05, 3.63) is 198 Å². The molecule has 0 radical (unpaired) electrons. The fourth-order valence-electron chi connectivity index (χ4n) is 13.0. The topological polar surface area (TPSA) is 6.48 Å². The number of hydrogen-bond acceptors (Lipinski definition) is 4. The summed E-state index contributed by atoms with van der Waals surface area (Å²) in [6.07, 6.45) is 2.32. The van der Waals surface area contributed by atoms with E-state index in [1.807, 2.05) is 22.7 Å². The van der Waals surface area contributed by atoms with E-state index in [4.69, 9.17) is 0 Å². The lowest BCUT2D eigenvalue weighted by molar-refractivity contribution is 0.332. The first-order valence-corrected chi connectivity index (χ1v) is 28.7. The zero-order chi connectivity index (χ0) is 51.5. The number of anilines is 6. The second-order valence-corrected chi connectivity index (χ2v) is 27.3. The third-order valence-corrected chi connectivity index (χ3v) is 19.9. The fraction of sp³-hybridized carbons (Fsp3) is 0.229. The second kappa shape index (κ2) is 16.3. The van der Waals surface area contributed by atoms with E-state index in [2.05, 4.69) is 255 Å². The molecule has 0 fully saturated rings. The maximum Gasteiger partial charge on any atom is 0.252 e. The molecular formula is C70H63BN2S2. The van der Waals surface area contributed by atoms with Crippen LogP contribution in [-0.2, 0) is 21.7 Å². The molecule has 368 valence electrons. The molecule has 0 amide bonds. The van der Waals surface area contributed by atoms with E-state index in [0.717, 1.165) is 12.8 Å². The lowest BCUT2D eigenvalue weighted by Gasteiger charge is -2.48. The van der Waals surface area contributed by atoms with Crippen LogP contribution in [0.1, 0.15) is 104 Å². The smallest absolute Gasteiger partial charge is 0.252 e. The Morgan fingerprint density at radius 2 is 0.853 bits per heavy atom. The molecule has 5 heteroatoms. The van der Waals surface area contributed by atoms with Gasteiger partial charge in [0.15, 0.2) is 0 Å². The summed E-state index contributed by atoms with van der Waals surface area (Å²) >= 11 is 3.81. The molecule has 0 N–H and O–H groups in total. The van der Waals surface area contributed by atoms with Crippen molar-refractivity contribution < 1.29 is 0 Å². The van der Waals surface area contributed by atoms with Crippen molar-refractivity contribution in [3.63, 3.8) is 0 Å². The maximum atomic E-state index is 2.67. The summed E-state index contributed by atoms with van der Waals surface area (Å²) in [5.41, 5.74) is 22.2. The minimum Gasteiger partial charge on any atom is -0.311 e. The van der Waals surface area contributed by atoms with E-state index in [-0.39, 0.29) is 28.4 Å². The van der Waals surface area contributed by atoms with Crippen LogP contribution >= 0.6 is 22.7 Å². The Balaban J connectivity index is 1.01. The van der Waals surface area contributed by atoms with E-state index in [0.29, 0.717) is 0 Å². The molecule has 11 aromatic rings. The highest BCUT2D eigenvalue weighted by Crippen LogP contribution is 2.52. The van der Waals surface area contributed by atoms with Crippen molar-refractivity contribution in [2.45, 2.75) is 104 Å². The highest BCUT2D eigenvalue weighted by molar-refractivity contribution is 7.26. The van der Waals surface area contributed by atoms with Gasteiger partial charge in [0.1, 0.15) is 0 Å². The molecule has 14 rings (SSSR count). The molecule has 0 bridgehead atoms. The van der Waals surface area contributed by atoms with Gasteiger partial charge in [-0.3, -0.25) is 0 Å². The summed E-state index contributed by atoms with van der Waals surface area (Å²) in [6, 6.07) is 68.2. The molecule has 2 aliphatic heterocycles. The highest BCUT2D eigenvalue weighted by Gasteiger charge is 2.47. The summed E-state index contributed by atoms with van der Waals surface area (Å²) in [5.74, 6) is 0. The summed E-state index contributed by atoms with van der Waals surface area (Å²) < 4.78 is 5.36. The monoisotopic (exact) mass is 1010 g/mol. The third kappa shape index (κ3) is 7.17. The van der Waals surface area contributed by atoms with Gasteiger partial charge in [-0.15, -0.1) is 22.7 Å². The zero-order valence-corrected chi connectivity index (χ0v) is 46.6. The Hall–Kier alpha value is -6.92. The van der Waals surface area contributed by atoms with Crippen LogP contribution in [0.5, 0.6) is 0 Å². The molecule has 4 heterocycles. The Morgan fingerprint density at radius 3 is 1.35 bits per heavy atom. The average Bonchev–Trinajstić information content (AvgIpc) is 4.12. The maximum absolute atomic E-state index is 2.67. The number of benzene rings is 9. The summed E-state index contributed by atoms with van der Waals surface area (Å²) in [4.78, 5) is 5.28. The third-order valence-electron chi connectivity index (χ3n) is 17.5. The van der Waals surface area contributed by atoms with Gasteiger partial charge >= 0.3 is 0 Å². The quantitative estimate of drug-likeness (QED) is 0.162. The van der Waals surface area contributed by atoms with Gasteiger partial charge in [0, 0.05) is 74.5 Å². The molecule has 9 aromatic carbocycles. The van der Waals surface area contributed by atoms with Gasteiger partial charge in [-0.25, -0.2) is 0 Å². The van der Waals surface area contributed by atoms with Gasteiger partial charge in [-0.1, -0.05) is 184 Å². The predicted molar refractivity (Wildman–Crippen MR) is 330 cm³/mol. The Kier molecular flexibility index (Phi) is 10.1. The van der Waals surface area contributed by atoms with Crippen molar-refractivity contribution in [1.29, 1.82) is 0 Å². The molecule has 0 saturated carbocycles. The van der Waals surface area contributed by atoms with Crippen molar-refractivity contribution in [2.75, 3.05) is 9.80 Å². The number of thiophene rings is 2. The van der Waals surface area contributed by atoms with Crippen LogP contribution in [0.4, 0.5) is 34.1 Å². The van der Waals surface area contributed by atoms with E-state index in [1.54, 1.807) is 0 Å². The SMILES string of the molecule is CC(C)(C)c1ccc2c(c1)N(c1ccc(-c3cccc4c3sc3ccccc34)cc1)c1cc(C(C)(C)C)cc3c1B2c1cc2c(cc1N3c1ccc(-c3cccc4c3sc3ccccc34)cc1)C(C)(C)CCC2(C)C. The summed E-state index contributed by atoms with van der Waals surface area (Å²) in [6.45, 7) is 24.1. The lowest BCUT2D eigenvalue weighted by Crippen LogP contribution is -2.62. The molecular weight excluding hydrogens is 944 g/mol. The number of fused-ring (bicyclic) bond motifs is 11. The van der Waals surface area contributed by atoms with E-state index < -0.39 is 0 Å². The van der Waals surface area contributed by atoms with E-state index >= 15 is 0 Å². The summed E-state index contributed by atoms with van der Waals surface area (Å²) in [5, 5.41) is 5.32. The Morgan fingerprint density at radius 1 is 0.413 bits per heavy atom. The minimum absolute atomic E-state index is 0.0244. The second-order valence-electron chi connectivity index (χ2n) is 25.2. The van der Waals surface area contributed by atoms with E-state index in [1.165, 1.54) is 135 Å². The minimum atomic E-state index is -0.131. The van der Waals surface area contributed by atoms with Crippen LogP contribution < -0.4 is 26.2 Å². The number of rotatable bonds is 4. The number of hydrogen-bond donors (Lipinski definition) is 0. The molecule has 2 nitrogen and oxygen atoms in total. The van der Waals surface area contributed by atoms with Gasteiger partial charge in [-0.2, -0.15) is 0 Å². The van der Waals surface area contributed by atoms with Crippen LogP contribution in [0.3, 0.4) is 0 Å². The predicted octanol–water partition coefficient (Wildman–Crippen LogP) is 18.8. The van der Waals surface area contributed by atoms with Crippen molar-refractivity contribution in [3.8, 4) is 22.3 Å². The normalized spacial score (nSPS) is 15.6. The van der Waals surface area contributed by atoms with Crippen molar-refractivity contribution in [2.24, 2.45) is 0 Å². The fourth-order valence-corrected chi connectivity index (χ4v) is 15.5. The molecule has 1 aliphatic carbocycles. The van der Waals surface area contributed by atoms with Crippen molar-refractivity contribution >= 4 is 120 Å². The van der Waals surface area contributed by atoms with Crippen LogP contribution in [0.25, 0.3) is 62.6 Å². The molecule has 75 heavy (non-hydrogen) atoms. The van der Waals surface area contributed by atoms with Crippen molar-refractivity contribution in [1.82, 2.24) is 0 Å². The number of nitrogens with zero attached hydrogens (tertiary/aromatic N) is 2. The molecule has 0 atom stereocenters. The lowest BCUT2D eigenvalue weighted by atomic mass is 9.33. The zero-order valence-electron chi connectivity index (χ0n) is 44.9. The van der Waals surface area contributed by atoms with Crippen LogP contribution in [0.2, 0.25) is 0 Å². The van der Waals surface area contributed by atoms with Gasteiger partial charge in [-0.05, 0) is 156 Å². The van der Waals surface area contributed by atoms with Crippen LogP contribution in [0, 0.1) is 0 Å². The van der Waals surface area contributed by atoms with Gasteiger partial charge in [0.2, 0.25) is 0 Å². The molecule has 0 spiro atoms.